The van der Waals surface area contributed by atoms with Crippen molar-refractivity contribution in [2.24, 2.45) is 0 Å². The van der Waals surface area contributed by atoms with Crippen LogP contribution in [-0.4, -0.2) is 9.97 Å². The third-order valence-corrected chi connectivity index (χ3v) is 3.27. The Bertz CT molecular complexity index is 668. The van der Waals surface area contributed by atoms with E-state index >= 15 is 0 Å². The summed E-state index contributed by atoms with van der Waals surface area (Å²) in [6.45, 7) is 0. The first-order valence-electron chi connectivity index (χ1n) is 4.21. The molecule has 1 aromatic carbocycles. The van der Waals surface area contributed by atoms with E-state index in [1.54, 1.807) is 17.5 Å². The van der Waals surface area contributed by atoms with E-state index in [-0.39, 0.29) is 5.69 Å². The lowest BCUT2D eigenvalue weighted by Crippen LogP contribution is -2.07. The quantitative estimate of drug-likeness (QED) is 0.607. The number of aromatic amines is 1. The van der Waals surface area contributed by atoms with Gasteiger partial charge < -0.3 is 0 Å². The van der Waals surface area contributed by atoms with E-state index in [1.807, 2.05) is 24.3 Å². The van der Waals surface area contributed by atoms with E-state index in [0.717, 1.165) is 15.6 Å². The summed E-state index contributed by atoms with van der Waals surface area (Å²) in [6.07, 6.45) is 1.63. The van der Waals surface area contributed by atoms with Gasteiger partial charge in [-0.3, -0.25) is 4.98 Å². The van der Waals surface area contributed by atoms with Gasteiger partial charge in [0, 0.05) is 21.7 Å². The molecule has 0 aliphatic rings. The van der Waals surface area contributed by atoms with Crippen LogP contribution in [0, 0.1) is 0 Å². The molecule has 0 fully saturated rings. The summed E-state index contributed by atoms with van der Waals surface area (Å²) >= 11 is 1.58. The Morgan fingerprint density at radius 3 is 3.00 bits per heavy atom. The Hall–Kier alpha value is -1.68. The summed E-state index contributed by atoms with van der Waals surface area (Å²) in [7, 11) is 0. The molecule has 3 rings (SSSR count). The lowest BCUT2D eigenvalue weighted by Gasteiger charge is -1.87. The summed E-state index contributed by atoms with van der Waals surface area (Å²) in [5, 5.41) is 2.17. The fourth-order valence-corrected chi connectivity index (χ4v) is 2.60. The topological polar surface area (TPSA) is 45.8 Å². The molecule has 0 unspecified atom stereocenters. The van der Waals surface area contributed by atoms with Gasteiger partial charge in [-0.15, -0.1) is 11.3 Å². The minimum Gasteiger partial charge on any atom is -0.297 e. The van der Waals surface area contributed by atoms with Crippen molar-refractivity contribution in [1.29, 1.82) is 0 Å². The van der Waals surface area contributed by atoms with Crippen molar-refractivity contribution in [2.75, 3.05) is 0 Å². The highest BCUT2D eigenvalue weighted by Crippen LogP contribution is 2.30. The zero-order valence-corrected chi connectivity index (χ0v) is 7.97. The van der Waals surface area contributed by atoms with Crippen LogP contribution in [0.1, 0.15) is 0 Å². The van der Waals surface area contributed by atoms with Crippen LogP contribution >= 0.6 is 11.3 Å². The first-order valence-corrected chi connectivity index (χ1v) is 5.03. The molecule has 2 heterocycles. The molecule has 0 amide bonds. The van der Waals surface area contributed by atoms with Crippen LogP contribution in [-0.2, 0) is 0 Å². The van der Waals surface area contributed by atoms with Gasteiger partial charge in [0.05, 0.1) is 0 Å². The van der Waals surface area contributed by atoms with Gasteiger partial charge in [0.15, 0.2) is 0 Å². The minimum atomic E-state index is -0.288. The molecule has 0 saturated carbocycles. The van der Waals surface area contributed by atoms with Crippen LogP contribution in [0.25, 0.3) is 20.3 Å². The number of H-pyrrole nitrogens is 1. The van der Waals surface area contributed by atoms with Crippen molar-refractivity contribution in [3.05, 3.63) is 40.9 Å². The summed E-state index contributed by atoms with van der Waals surface area (Å²) in [5.41, 5.74) is -0.288. The van der Waals surface area contributed by atoms with Gasteiger partial charge in [0.2, 0.25) is 0 Å². The van der Waals surface area contributed by atoms with Crippen molar-refractivity contribution in [1.82, 2.24) is 9.97 Å². The van der Waals surface area contributed by atoms with Crippen LogP contribution in [0.5, 0.6) is 0 Å². The average molecular weight is 202 g/mol. The van der Waals surface area contributed by atoms with Gasteiger partial charge in [-0.25, -0.2) is 9.78 Å². The van der Waals surface area contributed by atoms with Crippen LogP contribution < -0.4 is 5.69 Å². The van der Waals surface area contributed by atoms with E-state index in [9.17, 15) is 4.79 Å². The van der Waals surface area contributed by atoms with Crippen molar-refractivity contribution < 1.29 is 0 Å². The third kappa shape index (κ3) is 0.975. The molecule has 3 nitrogen and oxygen atoms in total. The lowest BCUT2D eigenvalue weighted by molar-refractivity contribution is 1.13. The molecule has 0 aliphatic heterocycles. The number of benzene rings is 1. The molecule has 14 heavy (non-hydrogen) atoms. The lowest BCUT2D eigenvalue weighted by atomic mass is 10.2. The Labute approximate surface area is 83.0 Å². The van der Waals surface area contributed by atoms with Gasteiger partial charge in [-0.1, -0.05) is 18.2 Å². The summed E-state index contributed by atoms with van der Waals surface area (Å²) in [5.74, 6) is 0. The number of thiophene rings is 1. The fourth-order valence-electron chi connectivity index (χ4n) is 1.54. The van der Waals surface area contributed by atoms with Crippen LogP contribution in [0.2, 0.25) is 0 Å². The van der Waals surface area contributed by atoms with Crippen LogP contribution in [0.3, 0.4) is 0 Å². The number of aromatic nitrogens is 2. The molecule has 0 spiro atoms. The molecule has 4 heteroatoms. The fraction of sp³-hybridized carbons (Fsp3) is 0. The van der Waals surface area contributed by atoms with Crippen molar-refractivity contribution in [3.8, 4) is 0 Å². The van der Waals surface area contributed by atoms with Gasteiger partial charge in [0.1, 0.15) is 4.83 Å². The van der Waals surface area contributed by atoms with Gasteiger partial charge in [0.25, 0.3) is 0 Å². The molecule has 0 atom stereocenters. The first kappa shape index (κ1) is 7.70. The molecule has 0 saturated heterocycles. The second kappa shape index (κ2) is 2.65. The molecule has 2 aromatic heterocycles. The molecular weight excluding hydrogens is 196 g/mol. The summed E-state index contributed by atoms with van der Waals surface area (Å²) < 4.78 is 1.17. The first-order chi connectivity index (χ1) is 6.84. The second-order valence-electron chi connectivity index (χ2n) is 3.03. The van der Waals surface area contributed by atoms with E-state index in [0.29, 0.717) is 0 Å². The third-order valence-electron chi connectivity index (χ3n) is 2.17. The Morgan fingerprint density at radius 1 is 1.21 bits per heavy atom. The normalized spacial score (nSPS) is 11.1. The molecule has 1 N–H and O–H groups in total. The molecule has 0 radical (unpaired) electrons. The van der Waals surface area contributed by atoms with E-state index in [4.69, 9.17) is 0 Å². The zero-order valence-electron chi connectivity index (χ0n) is 7.15. The van der Waals surface area contributed by atoms with Crippen molar-refractivity contribution in [2.45, 2.75) is 0 Å². The predicted molar refractivity (Wildman–Crippen MR) is 57.7 cm³/mol. The maximum absolute atomic E-state index is 11.0. The summed E-state index contributed by atoms with van der Waals surface area (Å²) in [6, 6.07) is 8.05. The van der Waals surface area contributed by atoms with Gasteiger partial charge in [-0.05, 0) is 6.07 Å². The highest BCUT2D eigenvalue weighted by Gasteiger charge is 2.04. The van der Waals surface area contributed by atoms with E-state index < -0.39 is 0 Å². The smallest absolute Gasteiger partial charge is 0.297 e. The van der Waals surface area contributed by atoms with E-state index in [2.05, 4.69) is 9.97 Å². The molecule has 3 aromatic rings. The number of nitrogens with one attached hydrogen (secondary N) is 1. The van der Waals surface area contributed by atoms with Gasteiger partial charge >= 0.3 is 5.69 Å². The number of hydrogen-bond acceptors (Lipinski definition) is 3. The standard InChI is InChI=1S/C10H6N2OS/c13-10-11-5-7-6-3-1-2-4-8(6)14-9(7)12-10/h1-5H,(H,11,12,13). The number of nitrogens with zero attached hydrogens (tertiary/aromatic N) is 1. The predicted octanol–water partition coefficient (Wildman–Crippen LogP) is 2.14. The van der Waals surface area contributed by atoms with Gasteiger partial charge in [-0.2, -0.15) is 0 Å². The maximum Gasteiger partial charge on any atom is 0.345 e. The molecule has 0 aliphatic carbocycles. The SMILES string of the molecule is O=c1ncc2c([nH]1)sc1ccccc12. The molecule has 0 bridgehead atoms. The highest BCUT2D eigenvalue weighted by molar-refractivity contribution is 7.25. The Kier molecular flexibility index (Phi) is 1.46. The van der Waals surface area contributed by atoms with Crippen LogP contribution in [0.15, 0.2) is 35.3 Å². The van der Waals surface area contributed by atoms with Crippen molar-refractivity contribution >= 4 is 31.6 Å². The summed E-state index contributed by atoms with van der Waals surface area (Å²) in [4.78, 5) is 18.4. The zero-order chi connectivity index (χ0) is 9.54. The van der Waals surface area contributed by atoms with Crippen molar-refractivity contribution in [3.63, 3.8) is 0 Å². The number of rotatable bonds is 0. The highest BCUT2D eigenvalue weighted by atomic mass is 32.1. The number of fused-ring (bicyclic) bond motifs is 3. The minimum absolute atomic E-state index is 0.288. The Morgan fingerprint density at radius 2 is 2.07 bits per heavy atom. The maximum atomic E-state index is 11.0. The largest absolute Gasteiger partial charge is 0.345 e. The average Bonchev–Trinajstić information content (AvgIpc) is 2.54. The number of hydrogen-bond donors (Lipinski definition) is 1. The second-order valence-corrected chi connectivity index (χ2v) is 4.08. The monoisotopic (exact) mass is 202 g/mol. The van der Waals surface area contributed by atoms with Crippen LogP contribution in [0.4, 0.5) is 0 Å². The molecular formula is C10H6N2OS. The molecule has 68 valence electrons. The Balaban J connectivity index is 2.63. The van der Waals surface area contributed by atoms with E-state index in [1.165, 1.54) is 4.70 Å².